The molecule has 0 heterocycles. The molecule has 2 aromatic rings. The van der Waals surface area contributed by atoms with Crippen molar-refractivity contribution in [1.82, 2.24) is 5.32 Å². The molecule has 7 heteroatoms. The first-order valence-electron chi connectivity index (χ1n) is 8.29. The van der Waals surface area contributed by atoms with E-state index in [4.69, 9.17) is 4.74 Å². The van der Waals surface area contributed by atoms with Gasteiger partial charge in [-0.1, -0.05) is 15.9 Å². The van der Waals surface area contributed by atoms with Gasteiger partial charge in [-0.25, -0.2) is 0 Å². The monoisotopic (exact) mass is 420 g/mol. The summed E-state index contributed by atoms with van der Waals surface area (Å²) in [5.41, 5.74) is 1.22. The number of ether oxygens (including phenoxy) is 1. The van der Waals surface area contributed by atoms with E-state index < -0.39 is 0 Å². The van der Waals surface area contributed by atoms with Crippen LogP contribution in [-0.4, -0.2) is 45.6 Å². The molecule has 0 bridgehead atoms. The van der Waals surface area contributed by atoms with Crippen molar-refractivity contribution in [3.8, 4) is 5.75 Å². The number of carbonyl (C=O) groups excluding carboxylic acids is 2. The van der Waals surface area contributed by atoms with Crippen LogP contribution in [0.3, 0.4) is 0 Å². The third kappa shape index (κ3) is 6.50. The van der Waals surface area contributed by atoms with Crippen LogP contribution in [0.5, 0.6) is 5.75 Å². The Morgan fingerprint density at radius 1 is 1.08 bits per heavy atom. The Morgan fingerprint density at radius 2 is 1.73 bits per heavy atom. The number of anilines is 1. The van der Waals surface area contributed by atoms with Crippen LogP contribution in [-0.2, 0) is 4.79 Å². The predicted octanol–water partition coefficient (Wildman–Crippen LogP) is 1.34. The molecule has 2 rings (SSSR count). The van der Waals surface area contributed by atoms with Crippen LogP contribution >= 0.6 is 15.9 Å². The van der Waals surface area contributed by atoms with Crippen molar-refractivity contribution in [3.05, 3.63) is 58.6 Å². The van der Waals surface area contributed by atoms with E-state index in [1.807, 2.05) is 31.3 Å². The van der Waals surface area contributed by atoms with Gasteiger partial charge in [0, 0.05) is 22.8 Å². The average Bonchev–Trinajstić information content (AvgIpc) is 2.63. The van der Waals surface area contributed by atoms with Gasteiger partial charge in [0.1, 0.15) is 18.9 Å². The minimum Gasteiger partial charge on any atom is -0.488 e. The summed E-state index contributed by atoms with van der Waals surface area (Å²) in [5.74, 6) is 0.568. The first-order valence-corrected chi connectivity index (χ1v) is 9.09. The lowest BCUT2D eigenvalue weighted by atomic mass is 10.2. The molecule has 0 spiro atoms. The van der Waals surface area contributed by atoms with Crippen molar-refractivity contribution in [2.45, 2.75) is 0 Å². The predicted molar refractivity (Wildman–Crippen MR) is 105 cm³/mol. The fourth-order valence-electron chi connectivity index (χ4n) is 2.29. The van der Waals surface area contributed by atoms with Crippen molar-refractivity contribution >= 4 is 33.4 Å². The normalized spacial score (nSPS) is 11.5. The number of quaternary nitrogens is 1. The molecule has 2 aromatic carbocycles. The molecule has 3 N–H and O–H groups in total. The highest BCUT2D eigenvalue weighted by molar-refractivity contribution is 9.10. The molecule has 0 fully saturated rings. The molecule has 0 radical (unpaired) electrons. The molecule has 0 aliphatic heterocycles. The van der Waals surface area contributed by atoms with Gasteiger partial charge in [-0.05, 0) is 48.5 Å². The third-order valence-electron chi connectivity index (χ3n) is 3.73. The fourth-order valence-corrected chi connectivity index (χ4v) is 2.56. The summed E-state index contributed by atoms with van der Waals surface area (Å²) >= 11 is 3.38. The molecule has 1 unspecified atom stereocenters. The van der Waals surface area contributed by atoms with Gasteiger partial charge < -0.3 is 20.3 Å². The number of hydrogen-bond acceptors (Lipinski definition) is 3. The van der Waals surface area contributed by atoms with Crippen LogP contribution in [0.1, 0.15) is 10.4 Å². The van der Waals surface area contributed by atoms with Crippen molar-refractivity contribution in [3.63, 3.8) is 0 Å². The number of amides is 2. The van der Waals surface area contributed by atoms with Crippen LogP contribution in [0.25, 0.3) is 0 Å². The average molecular weight is 421 g/mol. The number of benzene rings is 2. The molecular weight excluding hydrogens is 398 g/mol. The smallest absolute Gasteiger partial charge is 0.279 e. The highest BCUT2D eigenvalue weighted by Crippen LogP contribution is 2.15. The van der Waals surface area contributed by atoms with Crippen molar-refractivity contribution in [2.75, 3.05) is 39.1 Å². The lowest BCUT2D eigenvalue weighted by Crippen LogP contribution is -3.10. The van der Waals surface area contributed by atoms with Gasteiger partial charge in [0.15, 0.2) is 6.54 Å². The second-order valence-electron chi connectivity index (χ2n) is 5.89. The largest absolute Gasteiger partial charge is 0.488 e. The minimum atomic E-state index is -0.155. The van der Waals surface area contributed by atoms with E-state index in [-0.39, 0.29) is 11.8 Å². The SMILES string of the molecule is CNC(=O)c1ccc(NC(=O)C[NH+](C)CCOc2ccc(Br)cc2)cc1. The van der Waals surface area contributed by atoms with Crippen molar-refractivity contribution < 1.29 is 19.2 Å². The zero-order valence-electron chi connectivity index (χ0n) is 14.8. The molecule has 138 valence electrons. The molecule has 26 heavy (non-hydrogen) atoms. The van der Waals surface area contributed by atoms with E-state index >= 15 is 0 Å². The fraction of sp³-hybridized carbons (Fsp3) is 0.263. The number of hydrogen-bond donors (Lipinski definition) is 3. The minimum absolute atomic E-state index is 0.0844. The summed E-state index contributed by atoms with van der Waals surface area (Å²) in [6.07, 6.45) is 0. The number of likely N-dealkylation sites (N-methyl/N-ethyl adjacent to an activating group) is 1. The molecule has 0 aliphatic carbocycles. The maximum Gasteiger partial charge on any atom is 0.279 e. The summed E-state index contributed by atoms with van der Waals surface area (Å²) in [7, 11) is 3.52. The molecule has 0 saturated carbocycles. The number of rotatable bonds is 8. The highest BCUT2D eigenvalue weighted by Gasteiger charge is 2.11. The third-order valence-corrected chi connectivity index (χ3v) is 4.26. The standard InChI is InChI=1S/C19H22BrN3O3/c1-21-19(25)14-3-7-16(8-4-14)22-18(24)13-23(2)11-12-26-17-9-5-15(20)6-10-17/h3-10H,11-13H2,1-2H3,(H,21,25)(H,22,24)/p+1. The Balaban J connectivity index is 1.72. The van der Waals surface area contributed by atoms with Crippen molar-refractivity contribution in [1.29, 1.82) is 0 Å². The molecule has 0 saturated heterocycles. The van der Waals surface area contributed by atoms with E-state index in [1.54, 1.807) is 31.3 Å². The first kappa shape index (κ1) is 19.9. The molecule has 0 aromatic heterocycles. The van der Waals surface area contributed by atoms with Crippen LogP contribution in [0.2, 0.25) is 0 Å². The Morgan fingerprint density at radius 3 is 2.35 bits per heavy atom. The van der Waals surface area contributed by atoms with Gasteiger partial charge >= 0.3 is 0 Å². The summed E-state index contributed by atoms with van der Waals surface area (Å²) in [5, 5.41) is 5.39. The summed E-state index contributed by atoms with van der Waals surface area (Å²) in [4.78, 5) is 24.7. The summed E-state index contributed by atoms with van der Waals surface area (Å²) in [6, 6.07) is 14.4. The molecule has 2 amide bonds. The molecule has 6 nitrogen and oxygen atoms in total. The van der Waals surface area contributed by atoms with Crippen LogP contribution < -0.4 is 20.3 Å². The van der Waals surface area contributed by atoms with Gasteiger partial charge in [0.05, 0.1) is 7.05 Å². The number of halogens is 1. The second kappa shape index (κ2) is 9.94. The zero-order valence-corrected chi connectivity index (χ0v) is 16.4. The summed E-state index contributed by atoms with van der Waals surface area (Å²) < 4.78 is 6.67. The van der Waals surface area contributed by atoms with E-state index in [0.717, 1.165) is 15.1 Å². The summed E-state index contributed by atoms with van der Waals surface area (Å²) in [6.45, 7) is 1.57. The lowest BCUT2D eigenvalue weighted by Gasteiger charge is -2.14. The topological polar surface area (TPSA) is 71.9 Å². The van der Waals surface area contributed by atoms with Crippen LogP contribution in [0.15, 0.2) is 53.0 Å². The number of nitrogens with one attached hydrogen (secondary N) is 3. The van der Waals surface area contributed by atoms with Gasteiger partial charge in [-0.3, -0.25) is 9.59 Å². The molecule has 0 aliphatic rings. The van der Waals surface area contributed by atoms with E-state index in [2.05, 4.69) is 26.6 Å². The number of carbonyl (C=O) groups is 2. The second-order valence-corrected chi connectivity index (χ2v) is 6.81. The zero-order chi connectivity index (χ0) is 18.9. The molecular formula is C19H23BrN3O3+. The lowest BCUT2D eigenvalue weighted by molar-refractivity contribution is -0.871. The van der Waals surface area contributed by atoms with Gasteiger partial charge in [-0.2, -0.15) is 0 Å². The van der Waals surface area contributed by atoms with Gasteiger partial charge in [0.2, 0.25) is 0 Å². The Hall–Kier alpha value is -2.38. The maximum absolute atomic E-state index is 12.1. The van der Waals surface area contributed by atoms with Crippen LogP contribution in [0.4, 0.5) is 5.69 Å². The Kier molecular flexibility index (Phi) is 7.62. The van der Waals surface area contributed by atoms with Gasteiger partial charge in [0.25, 0.3) is 11.8 Å². The quantitative estimate of drug-likeness (QED) is 0.603. The first-order chi connectivity index (χ1) is 12.5. The highest BCUT2D eigenvalue weighted by atomic mass is 79.9. The van der Waals surface area contributed by atoms with Gasteiger partial charge in [-0.15, -0.1) is 0 Å². The maximum atomic E-state index is 12.1. The van der Waals surface area contributed by atoms with E-state index in [9.17, 15) is 9.59 Å². The van der Waals surface area contributed by atoms with E-state index in [0.29, 0.717) is 30.9 Å². The van der Waals surface area contributed by atoms with Crippen LogP contribution in [0, 0.1) is 0 Å². The van der Waals surface area contributed by atoms with Crippen molar-refractivity contribution in [2.24, 2.45) is 0 Å². The van der Waals surface area contributed by atoms with E-state index in [1.165, 1.54) is 0 Å². The Labute approximate surface area is 161 Å². The Bertz CT molecular complexity index is 733. The molecule has 1 atom stereocenters.